The molecule has 3 heteroatoms. The maximum Gasteiger partial charge on any atom is 0.165 e. The predicted molar refractivity (Wildman–Crippen MR) is 71.6 cm³/mol. The maximum absolute atomic E-state index is 12.0. The number of rotatable bonds is 5. The highest BCUT2D eigenvalue weighted by Gasteiger charge is 2.14. The Hall–Kier alpha value is -0.830. The summed E-state index contributed by atoms with van der Waals surface area (Å²) in [6.07, 6.45) is 2.68. The minimum atomic E-state index is 0.152. The van der Waals surface area contributed by atoms with Crippen molar-refractivity contribution in [1.82, 2.24) is 0 Å². The largest absolute Gasteiger partial charge is 0.398 e. The van der Waals surface area contributed by atoms with Crippen LogP contribution in [-0.2, 0) is 0 Å². The highest BCUT2D eigenvalue weighted by atomic mass is 79.9. The van der Waals surface area contributed by atoms with Crippen LogP contribution in [0.4, 0.5) is 5.69 Å². The smallest absolute Gasteiger partial charge is 0.165 e. The maximum atomic E-state index is 12.0. The van der Waals surface area contributed by atoms with Crippen LogP contribution in [0, 0.1) is 5.92 Å². The summed E-state index contributed by atoms with van der Waals surface area (Å²) in [6, 6.07) is 5.43. The Labute approximate surface area is 105 Å². The van der Waals surface area contributed by atoms with Crippen LogP contribution in [0.3, 0.4) is 0 Å². The van der Waals surface area contributed by atoms with Gasteiger partial charge in [-0.15, -0.1) is 0 Å². The van der Waals surface area contributed by atoms with Crippen LogP contribution in [0.2, 0.25) is 0 Å². The van der Waals surface area contributed by atoms with Crippen LogP contribution in [0.25, 0.3) is 0 Å². The van der Waals surface area contributed by atoms with Crippen molar-refractivity contribution in [2.75, 3.05) is 5.73 Å². The normalized spacial score (nSPS) is 10.8. The van der Waals surface area contributed by atoms with E-state index in [1.165, 1.54) is 0 Å². The SMILES string of the molecule is CCC(CC)CC(=O)c1ccc(Br)cc1N. The Balaban J connectivity index is 2.80. The molecule has 0 saturated heterocycles. The molecule has 0 amide bonds. The fraction of sp³-hybridized carbons (Fsp3) is 0.462. The Morgan fingerprint density at radius 3 is 2.50 bits per heavy atom. The van der Waals surface area contributed by atoms with Gasteiger partial charge in [0, 0.05) is 22.1 Å². The lowest BCUT2D eigenvalue weighted by atomic mass is 9.93. The molecule has 0 unspecified atom stereocenters. The third-order valence-electron chi connectivity index (χ3n) is 2.94. The van der Waals surface area contributed by atoms with Gasteiger partial charge in [0.2, 0.25) is 0 Å². The van der Waals surface area contributed by atoms with E-state index in [1.807, 2.05) is 6.07 Å². The van der Waals surface area contributed by atoms with Crippen LogP contribution in [0.5, 0.6) is 0 Å². The molecular formula is C13H18BrNO. The second kappa shape index (κ2) is 6.04. The van der Waals surface area contributed by atoms with Crippen LogP contribution in [-0.4, -0.2) is 5.78 Å². The molecule has 2 N–H and O–H groups in total. The summed E-state index contributed by atoms with van der Waals surface area (Å²) in [7, 11) is 0. The number of benzene rings is 1. The lowest BCUT2D eigenvalue weighted by Gasteiger charge is -2.12. The number of nitrogen functional groups attached to an aromatic ring is 1. The number of ketones is 1. The summed E-state index contributed by atoms with van der Waals surface area (Å²) in [5.74, 6) is 0.620. The number of carbonyl (C=O) groups excluding carboxylic acids is 1. The van der Waals surface area contributed by atoms with E-state index in [0.717, 1.165) is 17.3 Å². The molecule has 88 valence electrons. The molecule has 0 aliphatic rings. The van der Waals surface area contributed by atoms with Gasteiger partial charge in [-0.1, -0.05) is 42.6 Å². The van der Waals surface area contributed by atoms with Crippen molar-refractivity contribution < 1.29 is 4.79 Å². The van der Waals surface area contributed by atoms with E-state index in [9.17, 15) is 4.79 Å². The summed E-state index contributed by atoms with van der Waals surface area (Å²) in [5, 5.41) is 0. The topological polar surface area (TPSA) is 43.1 Å². The van der Waals surface area contributed by atoms with Gasteiger partial charge in [-0.05, 0) is 24.1 Å². The van der Waals surface area contributed by atoms with Gasteiger partial charge in [-0.2, -0.15) is 0 Å². The molecule has 2 nitrogen and oxygen atoms in total. The van der Waals surface area contributed by atoms with Crippen molar-refractivity contribution in [3.63, 3.8) is 0 Å². The summed E-state index contributed by atoms with van der Waals surface area (Å²) < 4.78 is 0.907. The fourth-order valence-corrected chi connectivity index (χ4v) is 2.12. The summed E-state index contributed by atoms with van der Waals surface area (Å²) in [5.41, 5.74) is 7.04. The van der Waals surface area contributed by atoms with Crippen LogP contribution in [0.1, 0.15) is 43.5 Å². The fourth-order valence-electron chi connectivity index (χ4n) is 1.74. The Morgan fingerprint density at radius 2 is 2.00 bits per heavy atom. The second-order valence-corrected chi connectivity index (χ2v) is 4.96. The molecule has 1 aromatic rings. The first-order valence-corrected chi connectivity index (χ1v) is 6.46. The van der Waals surface area contributed by atoms with E-state index in [4.69, 9.17) is 5.73 Å². The zero-order chi connectivity index (χ0) is 12.1. The van der Waals surface area contributed by atoms with Crippen molar-refractivity contribution in [3.05, 3.63) is 28.2 Å². The summed E-state index contributed by atoms with van der Waals surface area (Å²) in [6.45, 7) is 4.23. The lowest BCUT2D eigenvalue weighted by molar-refractivity contribution is 0.0959. The van der Waals surface area contributed by atoms with Crippen molar-refractivity contribution in [2.24, 2.45) is 5.92 Å². The average Bonchev–Trinajstić information content (AvgIpc) is 2.25. The molecule has 0 radical (unpaired) electrons. The van der Waals surface area contributed by atoms with Gasteiger partial charge in [0.25, 0.3) is 0 Å². The number of nitrogens with two attached hydrogens (primary N) is 1. The molecule has 0 aliphatic carbocycles. The van der Waals surface area contributed by atoms with Gasteiger partial charge < -0.3 is 5.73 Å². The predicted octanol–water partition coefficient (Wildman–Crippen LogP) is 4.04. The monoisotopic (exact) mass is 283 g/mol. The summed E-state index contributed by atoms with van der Waals surface area (Å²) in [4.78, 5) is 12.0. The van der Waals surface area contributed by atoms with Gasteiger partial charge in [-0.25, -0.2) is 0 Å². The lowest BCUT2D eigenvalue weighted by Crippen LogP contribution is -2.09. The van der Waals surface area contributed by atoms with Gasteiger partial charge in [0.15, 0.2) is 5.78 Å². The molecule has 0 saturated carbocycles. The third kappa shape index (κ3) is 3.34. The Bertz CT molecular complexity index is 372. The molecule has 16 heavy (non-hydrogen) atoms. The van der Waals surface area contributed by atoms with Gasteiger partial charge in [-0.3, -0.25) is 4.79 Å². The highest BCUT2D eigenvalue weighted by molar-refractivity contribution is 9.10. The zero-order valence-corrected chi connectivity index (χ0v) is 11.4. The number of hydrogen-bond acceptors (Lipinski definition) is 2. The molecule has 0 atom stereocenters. The highest BCUT2D eigenvalue weighted by Crippen LogP contribution is 2.22. The number of anilines is 1. The molecular weight excluding hydrogens is 266 g/mol. The summed E-state index contributed by atoms with van der Waals surface area (Å²) >= 11 is 3.33. The molecule has 0 aliphatic heterocycles. The van der Waals surface area contributed by atoms with E-state index >= 15 is 0 Å². The van der Waals surface area contributed by atoms with E-state index in [0.29, 0.717) is 23.6 Å². The van der Waals surface area contributed by atoms with Crippen LogP contribution in [0.15, 0.2) is 22.7 Å². The second-order valence-electron chi connectivity index (χ2n) is 4.04. The van der Waals surface area contributed by atoms with Gasteiger partial charge in [0.1, 0.15) is 0 Å². The molecule has 0 aromatic heterocycles. The third-order valence-corrected chi connectivity index (χ3v) is 3.44. The molecule has 1 aromatic carbocycles. The van der Waals surface area contributed by atoms with Crippen molar-refractivity contribution in [1.29, 1.82) is 0 Å². The number of Topliss-reactive ketones (excluding diaryl/α,β-unsaturated/α-hetero) is 1. The van der Waals surface area contributed by atoms with Crippen molar-refractivity contribution in [2.45, 2.75) is 33.1 Å². The first-order valence-electron chi connectivity index (χ1n) is 5.66. The average molecular weight is 284 g/mol. The van der Waals surface area contributed by atoms with E-state index in [-0.39, 0.29) is 5.78 Å². The van der Waals surface area contributed by atoms with E-state index in [2.05, 4.69) is 29.8 Å². The minimum Gasteiger partial charge on any atom is -0.398 e. The van der Waals surface area contributed by atoms with Crippen LogP contribution >= 0.6 is 15.9 Å². The molecule has 0 fully saturated rings. The molecule has 0 bridgehead atoms. The van der Waals surface area contributed by atoms with Crippen molar-refractivity contribution >= 4 is 27.4 Å². The van der Waals surface area contributed by atoms with Gasteiger partial charge >= 0.3 is 0 Å². The number of hydrogen-bond donors (Lipinski definition) is 1. The van der Waals surface area contributed by atoms with E-state index < -0.39 is 0 Å². The van der Waals surface area contributed by atoms with E-state index in [1.54, 1.807) is 12.1 Å². The number of carbonyl (C=O) groups is 1. The molecule has 0 spiro atoms. The van der Waals surface area contributed by atoms with Gasteiger partial charge in [0.05, 0.1) is 0 Å². The minimum absolute atomic E-state index is 0.152. The standard InChI is InChI=1S/C13H18BrNO/c1-3-9(4-2)7-13(16)11-6-5-10(14)8-12(11)15/h5-6,8-9H,3-4,7,15H2,1-2H3. The van der Waals surface area contributed by atoms with Crippen LogP contribution < -0.4 is 5.73 Å². The molecule has 0 heterocycles. The molecule has 1 rings (SSSR count). The zero-order valence-electron chi connectivity index (χ0n) is 9.79. The van der Waals surface area contributed by atoms with Crippen molar-refractivity contribution in [3.8, 4) is 0 Å². The number of halogens is 1. The first kappa shape index (κ1) is 13.2. The quantitative estimate of drug-likeness (QED) is 0.655. The Kier molecular flexibility index (Phi) is 5.00. The first-order chi connectivity index (χ1) is 7.58. The Morgan fingerprint density at radius 1 is 1.38 bits per heavy atom.